The summed E-state index contributed by atoms with van der Waals surface area (Å²) in [5, 5.41) is 6.78. The number of aromatic nitrogens is 3. The number of rotatable bonds is 6. The van der Waals surface area contributed by atoms with Crippen molar-refractivity contribution in [1.29, 1.82) is 0 Å². The molecule has 0 saturated heterocycles. The van der Waals surface area contributed by atoms with E-state index in [0.29, 0.717) is 18.8 Å². The van der Waals surface area contributed by atoms with Crippen LogP contribution < -0.4 is 10.9 Å². The van der Waals surface area contributed by atoms with Crippen LogP contribution in [0.3, 0.4) is 0 Å². The van der Waals surface area contributed by atoms with Crippen molar-refractivity contribution in [3.8, 4) is 5.69 Å². The summed E-state index contributed by atoms with van der Waals surface area (Å²) in [5.74, 6) is -0.898. The molecule has 0 unspecified atom stereocenters. The van der Waals surface area contributed by atoms with Gasteiger partial charge in [0.2, 0.25) is 0 Å². The Balaban J connectivity index is 1.77. The van der Waals surface area contributed by atoms with Crippen LogP contribution in [0.15, 0.2) is 59.7 Å². The second-order valence-corrected chi connectivity index (χ2v) is 5.49. The number of ether oxygens (including phenoxy) is 1. The molecular weight excluding hydrogens is 339 g/mol. The number of para-hydroxylation sites is 1. The highest BCUT2D eigenvalue weighted by atomic mass is 19.1. The first-order valence-electron chi connectivity index (χ1n) is 7.90. The highest BCUT2D eigenvalue weighted by Crippen LogP contribution is 2.13. The smallest absolute Gasteiger partial charge is 0.276 e. The average molecular weight is 356 g/mol. The predicted octanol–water partition coefficient (Wildman–Crippen LogP) is 2.07. The van der Waals surface area contributed by atoms with E-state index in [1.54, 1.807) is 25.3 Å². The molecule has 0 fully saturated rings. The molecule has 7 nitrogen and oxygen atoms in total. The van der Waals surface area contributed by atoms with E-state index in [9.17, 15) is 14.0 Å². The van der Waals surface area contributed by atoms with Crippen molar-refractivity contribution in [3.63, 3.8) is 0 Å². The average Bonchev–Trinajstić information content (AvgIpc) is 3.12. The molecule has 8 heteroatoms. The van der Waals surface area contributed by atoms with Crippen molar-refractivity contribution in [2.24, 2.45) is 0 Å². The first-order valence-corrected chi connectivity index (χ1v) is 7.90. The minimum absolute atomic E-state index is 0.128. The Morgan fingerprint density at radius 2 is 2.04 bits per heavy atom. The molecule has 0 atom stereocenters. The van der Waals surface area contributed by atoms with Crippen LogP contribution >= 0.6 is 0 Å². The molecule has 26 heavy (non-hydrogen) atoms. The maximum absolute atomic E-state index is 13.8. The van der Waals surface area contributed by atoms with Crippen LogP contribution in [0.1, 0.15) is 10.5 Å². The lowest BCUT2D eigenvalue weighted by Crippen LogP contribution is -2.22. The third-order valence-corrected chi connectivity index (χ3v) is 3.70. The fourth-order valence-corrected chi connectivity index (χ4v) is 2.38. The molecule has 1 amide bonds. The summed E-state index contributed by atoms with van der Waals surface area (Å²) in [6.45, 7) is 0.755. The Labute approximate surface area is 148 Å². The molecule has 1 N–H and O–H groups in total. The number of hydrogen-bond acceptors (Lipinski definition) is 4. The highest BCUT2D eigenvalue weighted by Gasteiger charge is 2.12. The SMILES string of the molecule is COCCn1cc(NC(=O)c2ccn(-c3ccccc3F)n2)ccc1=O. The van der Waals surface area contributed by atoms with Crippen LogP contribution in [0.4, 0.5) is 10.1 Å². The first kappa shape index (κ1) is 17.6. The van der Waals surface area contributed by atoms with Crippen molar-refractivity contribution in [2.75, 3.05) is 19.0 Å². The molecule has 0 aliphatic heterocycles. The van der Waals surface area contributed by atoms with Crippen LogP contribution in [-0.4, -0.2) is 34.0 Å². The van der Waals surface area contributed by atoms with Crippen LogP contribution in [0.2, 0.25) is 0 Å². The Bertz CT molecular complexity index is 980. The number of halogens is 1. The molecule has 0 saturated carbocycles. The van der Waals surface area contributed by atoms with E-state index in [1.807, 2.05) is 0 Å². The zero-order valence-corrected chi connectivity index (χ0v) is 14.1. The predicted molar refractivity (Wildman–Crippen MR) is 94.1 cm³/mol. The number of carbonyl (C=O) groups is 1. The van der Waals surface area contributed by atoms with Gasteiger partial charge in [-0.25, -0.2) is 9.07 Å². The summed E-state index contributed by atoms with van der Waals surface area (Å²) >= 11 is 0. The van der Waals surface area contributed by atoms with Crippen LogP contribution in [0.5, 0.6) is 0 Å². The summed E-state index contributed by atoms with van der Waals surface area (Å²) in [5.41, 5.74) is 0.637. The summed E-state index contributed by atoms with van der Waals surface area (Å²) in [6.07, 6.45) is 3.04. The number of anilines is 1. The van der Waals surface area contributed by atoms with Gasteiger partial charge in [-0.1, -0.05) is 12.1 Å². The highest BCUT2D eigenvalue weighted by molar-refractivity contribution is 6.02. The van der Waals surface area contributed by atoms with Crippen LogP contribution in [-0.2, 0) is 11.3 Å². The summed E-state index contributed by atoms with van der Waals surface area (Å²) in [4.78, 5) is 24.1. The Morgan fingerprint density at radius 3 is 2.81 bits per heavy atom. The van der Waals surface area contributed by atoms with Gasteiger partial charge >= 0.3 is 0 Å². The molecule has 0 spiro atoms. The summed E-state index contributed by atoms with van der Waals surface area (Å²) in [7, 11) is 1.54. The van der Waals surface area contributed by atoms with Crippen LogP contribution in [0.25, 0.3) is 5.69 Å². The molecule has 2 aromatic heterocycles. The van der Waals surface area contributed by atoms with E-state index < -0.39 is 11.7 Å². The Morgan fingerprint density at radius 1 is 1.23 bits per heavy atom. The van der Waals surface area contributed by atoms with Gasteiger partial charge in [-0.15, -0.1) is 0 Å². The summed E-state index contributed by atoms with van der Waals surface area (Å²) < 4.78 is 21.5. The third kappa shape index (κ3) is 3.86. The molecule has 3 aromatic rings. The first-order chi connectivity index (χ1) is 12.6. The van der Waals surface area contributed by atoms with E-state index in [-0.39, 0.29) is 16.9 Å². The molecule has 2 heterocycles. The maximum atomic E-state index is 13.8. The second-order valence-electron chi connectivity index (χ2n) is 5.49. The Hall–Kier alpha value is -3.26. The van der Waals surface area contributed by atoms with E-state index in [2.05, 4.69) is 10.4 Å². The second kappa shape index (κ2) is 7.75. The van der Waals surface area contributed by atoms with Crippen molar-refractivity contribution in [1.82, 2.24) is 14.3 Å². The van der Waals surface area contributed by atoms with Gasteiger partial charge < -0.3 is 14.6 Å². The van der Waals surface area contributed by atoms with Gasteiger partial charge in [-0.05, 0) is 24.3 Å². The molecule has 0 aliphatic rings. The topological polar surface area (TPSA) is 78.2 Å². The Kier molecular flexibility index (Phi) is 5.23. The number of methoxy groups -OCH3 is 1. The number of hydrogen-bond donors (Lipinski definition) is 1. The minimum Gasteiger partial charge on any atom is -0.383 e. The van der Waals surface area contributed by atoms with E-state index in [0.717, 1.165) is 0 Å². The minimum atomic E-state index is -0.461. The lowest BCUT2D eigenvalue weighted by molar-refractivity contribution is 0.102. The largest absolute Gasteiger partial charge is 0.383 e. The van der Waals surface area contributed by atoms with E-state index >= 15 is 0 Å². The third-order valence-electron chi connectivity index (χ3n) is 3.70. The van der Waals surface area contributed by atoms with Crippen molar-refractivity contribution >= 4 is 11.6 Å². The molecule has 0 bridgehead atoms. The van der Waals surface area contributed by atoms with Gasteiger partial charge in [0.05, 0.1) is 12.3 Å². The monoisotopic (exact) mass is 356 g/mol. The lowest BCUT2D eigenvalue weighted by atomic mass is 10.3. The molecule has 0 aliphatic carbocycles. The fourth-order valence-electron chi connectivity index (χ4n) is 2.38. The number of carbonyl (C=O) groups excluding carboxylic acids is 1. The van der Waals surface area contributed by atoms with Gasteiger partial charge in [-0.3, -0.25) is 9.59 Å². The quantitative estimate of drug-likeness (QED) is 0.733. The maximum Gasteiger partial charge on any atom is 0.276 e. The van der Waals surface area contributed by atoms with Gasteiger partial charge in [-0.2, -0.15) is 5.10 Å². The normalized spacial score (nSPS) is 10.7. The van der Waals surface area contributed by atoms with E-state index in [1.165, 1.54) is 45.9 Å². The van der Waals surface area contributed by atoms with Gasteiger partial charge in [0.1, 0.15) is 11.5 Å². The number of pyridine rings is 1. The van der Waals surface area contributed by atoms with Crippen molar-refractivity contribution in [2.45, 2.75) is 6.54 Å². The van der Waals surface area contributed by atoms with Crippen molar-refractivity contribution in [3.05, 3.63) is 76.7 Å². The molecular formula is C18H17FN4O3. The van der Waals surface area contributed by atoms with Crippen molar-refractivity contribution < 1.29 is 13.9 Å². The molecule has 3 rings (SSSR count). The molecule has 0 radical (unpaired) electrons. The number of nitrogens with zero attached hydrogens (tertiary/aromatic N) is 3. The van der Waals surface area contributed by atoms with Crippen LogP contribution in [0, 0.1) is 5.82 Å². The number of amides is 1. The fraction of sp³-hybridized carbons (Fsp3) is 0.167. The van der Waals surface area contributed by atoms with Gasteiger partial charge in [0.25, 0.3) is 11.5 Å². The zero-order valence-electron chi connectivity index (χ0n) is 14.1. The zero-order chi connectivity index (χ0) is 18.5. The summed E-state index contributed by atoms with van der Waals surface area (Å²) in [6, 6.07) is 10.5. The van der Waals surface area contributed by atoms with Gasteiger partial charge in [0, 0.05) is 32.1 Å². The van der Waals surface area contributed by atoms with E-state index in [4.69, 9.17) is 4.74 Å². The number of benzene rings is 1. The van der Waals surface area contributed by atoms with Gasteiger partial charge in [0.15, 0.2) is 5.69 Å². The number of nitrogens with one attached hydrogen (secondary N) is 1. The standard InChI is InChI=1S/C18H17FN4O3/c1-26-11-10-22-12-13(6-7-17(22)24)20-18(25)15-8-9-23(21-15)16-5-3-2-4-14(16)19/h2-9,12H,10-11H2,1H3,(H,20,25). The lowest BCUT2D eigenvalue weighted by Gasteiger charge is -2.08. The molecule has 1 aromatic carbocycles. The molecule has 134 valence electrons.